The second-order valence-electron chi connectivity index (χ2n) is 4.34. The monoisotopic (exact) mass is 309 g/mol. The van der Waals surface area contributed by atoms with Gasteiger partial charge in [-0.05, 0) is 43.0 Å². The lowest BCUT2D eigenvalue weighted by atomic mass is 9.97. The minimum absolute atomic E-state index is 0. The second kappa shape index (κ2) is 6.62. The normalized spacial score (nSPS) is 22.6. The third-order valence-corrected chi connectivity index (χ3v) is 3.63. The summed E-state index contributed by atoms with van der Waals surface area (Å²) in [6.45, 7) is 0.718. The van der Waals surface area contributed by atoms with Gasteiger partial charge < -0.3 is 10.4 Å². The van der Waals surface area contributed by atoms with Crippen molar-refractivity contribution in [3.63, 3.8) is 0 Å². The zero-order chi connectivity index (χ0) is 12.4. The SMILES string of the molecule is Cl.O=C(O)[C@@H]1C[C@@H](Cc2ccc(Cl)cc2Cl)CN1. The van der Waals surface area contributed by atoms with E-state index in [0.717, 1.165) is 18.5 Å². The molecule has 1 saturated heterocycles. The molecule has 2 N–H and O–H groups in total. The first-order valence-electron chi connectivity index (χ1n) is 5.46. The van der Waals surface area contributed by atoms with Gasteiger partial charge in [0.15, 0.2) is 0 Å². The molecule has 0 bridgehead atoms. The fourth-order valence-electron chi connectivity index (χ4n) is 2.15. The van der Waals surface area contributed by atoms with E-state index in [2.05, 4.69) is 5.32 Å². The maximum atomic E-state index is 10.8. The van der Waals surface area contributed by atoms with Crippen LogP contribution in [0.15, 0.2) is 18.2 Å². The molecule has 100 valence electrons. The maximum Gasteiger partial charge on any atom is 0.320 e. The van der Waals surface area contributed by atoms with Crippen molar-refractivity contribution < 1.29 is 9.90 Å². The van der Waals surface area contributed by atoms with Crippen molar-refractivity contribution in [3.05, 3.63) is 33.8 Å². The van der Waals surface area contributed by atoms with Gasteiger partial charge in [-0.25, -0.2) is 0 Å². The molecule has 6 heteroatoms. The van der Waals surface area contributed by atoms with Crippen LogP contribution in [0.5, 0.6) is 0 Å². The summed E-state index contributed by atoms with van der Waals surface area (Å²) in [7, 11) is 0. The van der Waals surface area contributed by atoms with Gasteiger partial charge in [-0.3, -0.25) is 4.79 Å². The lowest BCUT2D eigenvalue weighted by Crippen LogP contribution is -2.29. The van der Waals surface area contributed by atoms with Crippen LogP contribution in [0.4, 0.5) is 0 Å². The first kappa shape index (κ1) is 15.6. The zero-order valence-electron chi connectivity index (χ0n) is 9.53. The number of benzene rings is 1. The fraction of sp³-hybridized carbons (Fsp3) is 0.417. The summed E-state index contributed by atoms with van der Waals surface area (Å²) < 4.78 is 0. The summed E-state index contributed by atoms with van der Waals surface area (Å²) in [5.41, 5.74) is 1.02. The van der Waals surface area contributed by atoms with Gasteiger partial charge in [0, 0.05) is 10.0 Å². The standard InChI is InChI=1S/C12H13Cl2NO2.ClH/c13-9-2-1-8(10(14)5-9)3-7-4-11(12(16)17)15-6-7;/h1-2,5,7,11,15H,3-4,6H2,(H,16,17);1H/t7-,11+;/m1./s1. The molecular weight excluding hydrogens is 296 g/mol. The number of carboxylic acid groups (broad SMARTS) is 1. The number of carbonyl (C=O) groups is 1. The Labute approximate surface area is 122 Å². The highest BCUT2D eigenvalue weighted by atomic mass is 35.5. The van der Waals surface area contributed by atoms with Gasteiger partial charge in [-0.15, -0.1) is 12.4 Å². The largest absolute Gasteiger partial charge is 0.480 e. The van der Waals surface area contributed by atoms with E-state index in [-0.39, 0.29) is 12.4 Å². The molecule has 0 saturated carbocycles. The summed E-state index contributed by atoms with van der Waals surface area (Å²) in [6.07, 6.45) is 1.43. The molecule has 0 spiro atoms. The number of halogens is 3. The van der Waals surface area contributed by atoms with Crippen molar-refractivity contribution in [2.75, 3.05) is 6.54 Å². The summed E-state index contributed by atoms with van der Waals surface area (Å²) in [6, 6.07) is 5.00. The summed E-state index contributed by atoms with van der Waals surface area (Å²) >= 11 is 11.9. The lowest BCUT2D eigenvalue weighted by Gasteiger charge is -2.10. The Morgan fingerprint density at radius 1 is 1.44 bits per heavy atom. The average Bonchev–Trinajstić information content (AvgIpc) is 2.71. The van der Waals surface area contributed by atoms with Gasteiger partial charge in [0.25, 0.3) is 0 Å². The molecule has 18 heavy (non-hydrogen) atoms. The second-order valence-corrected chi connectivity index (χ2v) is 5.18. The molecule has 1 aliphatic heterocycles. The number of carboxylic acids is 1. The van der Waals surface area contributed by atoms with Crippen LogP contribution >= 0.6 is 35.6 Å². The Bertz CT molecular complexity index is 439. The molecule has 2 rings (SSSR count). The topological polar surface area (TPSA) is 49.3 Å². The predicted molar refractivity (Wildman–Crippen MR) is 74.9 cm³/mol. The highest BCUT2D eigenvalue weighted by molar-refractivity contribution is 6.35. The highest BCUT2D eigenvalue weighted by Crippen LogP contribution is 2.26. The van der Waals surface area contributed by atoms with Crippen LogP contribution < -0.4 is 5.32 Å². The smallest absolute Gasteiger partial charge is 0.320 e. The molecule has 0 amide bonds. The van der Waals surface area contributed by atoms with Gasteiger partial charge in [-0.2, -0.15) is 0 Å². The molecular formula is C12H14Cl3NO2. The molecule has 2 atom stereocenters. The van der Waals surface area contributed by atoms with Gasteiger partial charge in [0.05, 0.1) is 0 Å². The molecule has 0 radical (unpaired) electrons. The third kappa shape index (κ3) is 3.75. The van der Waals surface area contributed by atoms with Gasteiger partial charge in [0.1, 0.15) is 6.04 Å². The fourth-order valence-corrected chi connectivity index (χ4v) is 2.64. The number of hydrogen-bond donors (Lipinski definition) is 2. The molecule has 1 fully saturated rings. The Balaban J connectivity index is 0.00000162. The minimum Gasteiger partial charge on any atom is -0.480 e. The first-order chi connectivity index (χ1) is 8.06. The Morgan fingerprint density at radius 2 is 2.17 bits per heavy atom. The number of rotatable bonds is 3. The molecule has 1 aromatic carbocycles. The quantitative estimate of drug-likeness (QED) is 0.902. The van der Waals surface area contributed by atoms with E-state index < -0.39 is 12.0 Å². The molecule has 1 aliphatic rings. The summed E-state index contributed by atoms with van der Waals surface area (Å²) in [5, 5.41) is 13.1. The van der Waals surface area contributed by atoms with Crippen LogP contribution in [-0.4, -0.2) is 23.7 Å². The first-order valence-corrected chi connectivity index (χ1v) is 6.22. The van der Waals surface area contributed by atoms with E-state index in [4.69, 9.17) is 28.3 Å². The minimum atomic E-state index is -0.783. The van der Waals surface area contributed by atoms with E-state index in [1.54, 1.807) is 12.1 Å². The van der Waals surface area contributed by atoms with E-state index in [9.17, 15) is 4.79 Å². The summed E-state index contributed by atoms with van der Waals surface area (Å²) in [5.74, 6) is -0.468. The molecule has 0 unspecified atom stereocenters. The maximum absolute atomic E-state index is 10.8. The molecule has 1 heterocycles. The highest BCUT2D eigenvalue weighted by Gasteiger charge is 2.29. The Kier molecular flexibility index (Phi) is 5.73. The van der Waals surface area contributed by atoms with Gasteiger partial charge >= 0.3 is 5.97 Å². The molecule has 0 aromatic heterocycles. The van der Waals surface area contributed by atoms with Gasteiger partial charge in [0.2, 0.25) is 0 Å². The lowest BCUT2D eigenvalue weighted by molar-refractivity contribution is -0.139. The zero-order valence-corrected chi connectivity index (χ0v) is 11.9. The molecule has 3 nitrogen and oxygen atoms in total. The van der Waals surface area contributed by atoms with Crippen molar-refractivity contribution >= 4 is 41.6 Å². The van der Waals surface area contributed by atoms with Crippen LogP contribution in [0.25, 0.3) is 0 Å². The van der Waals surface area contributed by atoms with Gasteiger partial charge in [-0.1, -0.05) is 29.3 Å². The number of nitrogens with one attached hydrogen (secondary N) is 1. The number of aliphatic carboxylic acids is 1. The van der Waals surface area contributed by atoms with Crippen molar-refractivity contribution in [2.45, 2.75) is 18.9 Å². The summed E-state index contributed by atoms with van der Waals surface area (Å²) in [4.78, 5) is 10.8. The van der Waals surface area contributed by atoms with Crippen LogP contribution in [0.1, 0.15) is 12.0 Å². The van der Waals surface area contributed by atoms with E-state index in [1.807, 2.05) is 6.07 Å². The molecule has 0 aliphatic carbocycles. The Morgan fingerprint density at radius 3 is 2.72 bits per heavy atom. The average molecular weight is 311 g/mol. The van der Waals surface area contributed by atoms with E-state index in [0.29, 0.717) is 22.4 Å². The van der Waals surface area contributed by atoms with Crippen LogP contribution in [0.3, 0.4) is 0 Å². The molecule has 1 aromatic rings. The third-order valence-electron chi connectivity index (χ3n) is 3.04. The van der Waals surface area contributed by atoms with E-state index >= 15 is 0 Å². The van der Waals surface area contributed by atoms with Crippen molar-refractivity contribution in [1.82, 2.24) is 5.32 Å². The number of hydrogen-bond acceptors (Lipinski definition) is 2. The van der Waals surface area contributed by atoms with E-state index in [1.165, 1.54) is 0 Å². The Hall–Kier alpha value is -0.480. The van der Waals surface area contributed by atoms with Crippen molar-refractivity contribution in [2.24, 2.45) is 5.92 Å². The van der Waals surface area contributed by atoms with Crippen molar-refractivity contribution in [1.29, 1.82) is 0 Å². The van der Waals surface area contributed by atoms with Crippen LogP contribution in [0.2, 0.25) is 10.0 Å². The van der Waals surface area contributed by atoms with Crippen LogP contribution in [-0.2, 0) is 11.2 Å². The van der Waals surface area contributed by atoms with Crippen molar-refractivity contribution in [3.8, 4) is 0 Å². The predicted octanol–water partition coefficient (Wildman–Crippen LogP) is 3.02. The van der Waals surface area contributed by atoms with Crippen LogP contribution in [0, 0.1) is 5.92 Å².